The maximum atomic E-state index is 13.8. The summed E-state index contributed by atoms with van der Waals surface area (Å²) in [5, 5.41) is 1.19. The lowest BCUT2D eigenvalue weighted by atomic mass is 10.1. The maximum Gasteiger partial charge on any atom is 0.418 e. The van der Waals surface area contributed by atoms with E-state index in [1.54, 1.807) is 22.8 Å². The molecule has 0 spiro atoms. The highest BCUT2D eigenvalue weighted by Crippen LogP contribution is 2.44. The third kappa shape index (κ3) is 3.73. The van der Waals surface area contributed by atoms with Crippen molar-refractivity contribution in [1.82, 2.24) is 9.55 Å². The van der Waals surface area contributed by atoms with Gasteiger partial charge in [-0.2, -0.15) is 13.2 Å². The third-order valence-corrected chi connectivity index (χ3v) is 5.82. The lowest BCUT2D eigenvalue weighted by molar-refractivity contribution is -0.222. The van der Waals surface area contributed by atoms with Gasteiger partial charge in [0, 0.05) is 30.3 Å². The first kappa shape index (κ1) is 21.6. The smallest absolute Gasteiger partial charge is 0.364 e. The number of hydrogen-bond donors (Lipinski definition) is 0. The van der Waals surface area contributed by atoms with Crippen LogP contribution in [0.3, 0.4) is 0 Å². The zero-order chi connectivity index (χ0) is 21.6. The molecule has 0 N–H and O–H groups in total. The molecule has 160 valence electrons. The highest BCUT2D eigenvalue weighted by molar-refractivity contribution is 6.36. The molecule has 0 saturated carbocycles. The van der Waals surface area contributed by atoms with Crippen LogP contribution < -0.4 is 4.90 Å². The first-order chi connectivity index (χ1) is 14.2. The van der Waals surface area contributed by atoms with Crippen LogP contribution in [0.5, 0.6) is 0 Å². The standard InChI is InChI=1S/C20H17Cl3F3N3O/c1-2-30-18(20(24,25)26)12-5-6-13(22)16-17(12)29-9-3-8-28(19(29)27-16)15-7-4-11(21)10-14(15)23/h4-7,10,18H,2-3,8-9H2,1H3. The minimum Gasteiger partial charge on any atom is -0.364 e. The van der Waals surface area contributed by atoms with E-state index in [0.29, 0.717) is 52.2 Å². The van der Waals surface area contributed by atoms with E-state index in [1.165, 1.54) is 19.1 Å². The molecule has 0 amide bonds. The van der Waals surface area contributed by atoms with Crippen LogP contribution in [0.1, 0.15) is 25.0 Å². The Kier molecular flexibility index (Phi) is 5.83. The van der Waals surface area contributed by atoms with E-state index in [4.69, 9.17) is 39.5 Å². The summed E-state index contributed by atoms with van der Waals surface area (Å²) in [6, 6.07) is 7.88. The molecule has 4 rings (SSSR count). The molecule has 1 unspecified atom stereocenters. The molecule has 0 radical (unpaired) electrons. The SMILES string of the molecule is CCOC(c1ccc(Cl)c2nc3n(c12)CCCN3c1ccc(Cl)cc1Cl)C(F)(F)F. The fraction of sp³-hybridized carbons (Fsp3) is 0.350. The highest BCUT2D eigenvalue weighted by Gasteiger charge is 2.43. The molecule has 1 aromatic heterocycles. The Morgan fingerprint density at radius 1 is 1.10 bits per heavy atom. The number of nitrogens with zero attached hydrogens (tertiary/aromatic N) is 3. The van der Waals surface area contributed by atoms with Crippen LogP contribution in [0.4, 0.5) is 24.8 Å². The van der Waals surface area contributed by atoms with Gasteiger partial charge in [0.2, 0.25) is 5.95 Å². The van der Waals surface area contributed by atoms with Crippen molar-refractivity contribution in [1.29, 1.82) is 0 Å². The molecule has 30 heavy (non-hydrogen) atoms. The number of aromatic nitrogens is 2. The summed E-state index contributed by atoms with van der Waals surface area (Å²) in [7, 11) is 0. The summed E-state index contributed by atoms with van der Waals surface area (Å²) in [6.45, 7) is 2.55. The number of rotatable bonds is 4. The number of hydrogen-bond acceptors (Lipinski definition) is 3. The van der Waals surface area contributed by atoms with Gasteiger partial charge in [-0.25, -0.2) is 4.98 Å². The second-order valence-corrected chi connectivity index (χ2v) is 8.13. The molecule has 0 saturated heterocycles. The van der Waals surface area contributed by atoms with Gasteiger partial charge in [-0.3, -0.25) is 0 Å². The van der Waals surface area contributed by atoms with Crippen LogP contribution in [-0.2, 0) is 11.3 Å². The van der Waals surface area contributed by atoms with Crippen molar-refractivity contribution in [3.63, 3.8) is 0 Å². The first-order valence-corrected chi connectivity index (χ1v) is 10.4. The molecule has 1 aliphatic heterocycles. The summed E-state index contributed by atoms with van der Waals surface area (Å²) >= 11 is 18.7. The number of imidazole rings is 1. The van der Waals surface area contributed by atoms with Crippen LogP contribution in [0.15, 0.2) is 30.3 Å². The minimum absolute atomic E-state index is 0.00782. The molecular weight excluding hydrogens is 462 g/mol. The van der Waals surface area contributed by atoms with Gasteiger partial charge in [-0.1, -0.05) is 40.9 Å². The van der Waals surface area contributed by atoms with Crippen LogP contribution in [0.2, 0.25) is 15.1 Å². The van der Waals surface area contributed by atoms with E-state index in [1.807, 2.05) is 4.90 Å². The molecule has 1 aliphatic rings. The Bertz CT molecular complexity index is 1100. The fourth-order valence-corrected chi connectivity index (χ4v) is 4.50. The number of alkyl halides is 3. The Hall–Kier alpha value is -1.67. The van der Waals surface area contributed by atoms with E-state index in [9.17, 15) is 13.2 Å². The van der Waals surface area contributed by atoms with E-state index in [0.717, 1.165) is 0 Å². The summed E-state index contributed by atoms with van der Waals surface area (Å²) in [5.41, 5.74) is 1.29. The van der Waals surface area contributed by atoms with Crippen molar-refractivity contribution in [2.75, 3.05) is 18.1 Å². The highest BCUT2D eigenvalue weighted by atomic mass is 35.5. The Balaban J connectivity index is 1.94. The number of aryl methyl sites for hydroxylation is 1. The van der Waals surface area contributed by atoms with Gasteiger partial charge in [0.25, 0.3) is 0 Å². The maximum absolute atomic E-state index is 13.8. The molecule has 2 heterocycles. The number of anilines is 2. The molecule has 1 atom stereocenters. The van der Waals surface area contributed by atoms with Gasteiger partial charge < -0.3 is 14.2 Å². The molecule has 0 bridgehead atoms. The van der Waals surface area contributed by atoms with Crippen LogP contribution in [0.25, 0.3) is 11.0 Å². The van der Waals surface area contributed by atoms with Gasteiger partial charge >= 0.3 is 6.18 Å². The molecule has 3 aromatic rings. The zero-order valence-corrected chi connectivity index (χ0v) is 18.1. The van der Waals surface area contributed by atoms with Crippen LogP contribution in [0, 0.1) is 0 Å². The quantitative estimate of drug-likeness (QED) is 0.398. The van der Waals surface area contributed by atoms with Gasteiger partial charge in [-0.05, 0) is 37.6 Å². The van der Waals surface area contributed by atoms with Crippen molar-refractivity contribution in [3.05, 3.63) is 51.0 Å². The van der Waals surface area contributed by atoms with Gasteiger partial charge in [0.1, 0.15) is 5.52 Å². The summed E-state index contributed by atoms with van der Waals surface area (Å²) in [4.78, 5) is 6.47. The summed E-state index contributed by atoms with van der Waals surface area (Å²) < 4.78 is 48.1. The van der Waals surface area contributed by atoms with Gasteiger partial charge in [0.15, 0.2) is 6.10 Å². The largest absolute Gasteiger partial charge is 0.418 e. The molecule has 2 aromatic carbocycles. The minimum atomic E-state index is -4.57. The predicted molar refractivity (Wildman–Crippen MR) is 113 cm³/mol. The van der Waals surface area contributed by atoms with E-state index >= 15 is 0 Å². The average Bonchev–Trinajstić information content (AvgIpc) is 3.07. The van der Waals surface area contributed by atoms with Crippen molar-refractivity contribution in [2.24, 2.45) is 0 Å². The molecular formula is C20H17Cl3F3N3O. The topological polar surface area (TPSA) is 30.3 Å². The number of benzene rings is 2. The first-order valence-electron chi connectivity index (χ1n) is 9.32. The number of fused-ring (bicyclic) bond motifs is 3. The number of halogens is 6. The van der Waals surface area contributed by atoms with Crippen LogP contribution in [-0.4, -0.2) is 28.9 Å². The zero-order valence-electron chi connectivity index (χ0n) is 15.8. The summed E-state index contributed by atoms with van der Waals surface area (Å²) in [6.07, 6.45) is -5.96. The van der Waals surface area contributed by atoms with Crippen LogP contribution >= 0.6 is 34.8 Å². The molecule has 10 heteroatoms. The molecule has 0 fully saturated rings. The monoisotopic (exact) mass is 477 g/mol. The lowest BCUT2D eigenvalue weighted by Gasteiger charge is -2.30. The average molecular weight is 479 g/mol. The molecule has 4 nitrogen and oxygen atoms in total. The van der Waals surface area contributed by atoms with Gasteiger partial charge in [-0.15, -0.1) is 0 Å². The fourth-order valence-electron chi connectivity index (χ4n) is 3.79. The van der Waals surface area contributed by atoms with Gasteiger partial charge in [0.05, 0.1) is 21.2 Å². The summed E-state index contributed by atoms with van der Waals surface area (Å²) in [5.74, 6) is 0.479. The third-order valence-electron chi connectivity index (χ3n) is 4.97. The Labute approximate surface area is 186 Å². The van der Waals surface area contributed by atoms with E-state index in [-0.39, 0.29) is 17.2 Å². The second kappa shape index (κ2) is 8.11. The lowest BCUT2D eigenvalue weighted by Crippen LogP contribution is -2.29. The van der Waals surface area contributed by atoms with Crippen molar-refractivity contribution < 1.29 is 17.9 Å². The predicted octanol–water partition coefficient (Wildman–Crippen LogP) is 7.18. The van der Waals surface area contributed by atoms with Crippen molar-refractivity contribution in [3.8, 4) is 0 Å². The number of ether oxygens (including phenoxy) is 1. The Morgan fingerprint density at radius 2 is 1.87 bits per heavy atom. The molecule has 0 aliphatic carbocycles. The van der Waals surface area contributed by atoms with E-state index < -0.39 is 12.3 Å². The normalized spacial score (nSPS) is 15.5. The second-order valence-electron chi connectivity index (χ2n) is 6.88. The Morgan fingerprint density at radius 3 is 2.53 bits per heavy atom. The van der Waals surface area contributed by atoms with Crippen molar-refractivity contribution >= 4 is 57.5 Å². The van der Waals surface area contributed by atoms with E-state index in [2.05, 4.69) is 4.98 Å². The van der Waals surface area contributed by atoms with Crippen molar-refractivity contribution in [2.45, 2.75) is 32.2 Å².